The number of nitrogens with two attached hydrogens (primary N) is 1. The maximum atomic E-state index is 12.4. The lowest BCUT2D eigenvalue weighted by atomic mass is 10.0. The fourth-order valence-corrected chi connectivity index (χ4v) is 3.15. The summed E-state index contributed by atoms with van der Waals surface area (Å²) in [6, 6.07) is 9.26. The summed E-state index contributed by atoms with van der Waals surface area (Å²) in [5.74, 6) is 1.31. The van der Waals surface area contributed by atoms with Gasteiger partial charge < -0.3 is 15.6 Å². The fraction of sp³-hybridized carbons (Fsp3) is 0.222. The first-order chi connectivity index (χ1) is 12.1. The van der Waals surface area contributed by atoms with E-state index in [1.165, 1.54) is 11.8 Å². The Bertz CT molecular complexity index is 950. The van der Waals surface area contributed by atoms with Gasteiger partial charge in [0.2, 0.25) is 11.7 Å². The van der Waals surface area contributed by atoms with Crippen LogP contribution in [0.4, 0.5) is 5.82 Å². The van der Waals surface area contributed by atoms with E-state index in [1.54, 1.807) is 19.1 Å². The van der Waals surface area contributed by atoms with Crippen molar-refractivity contribution in [3.8, 4) is 11.4 Å². The number of carbonyl (C=O) groups excluding carboxylic acids is 1. The Morgan fingerprint density at radius 1 is 1.32 bits per heavy atom. The van der Waals surface area contributed by atoms with Crippen LogP contribution in [-0.4, -0.2) is 21.0 Å². The lowest BCUT2D eigenvalue weighted by molar-refractivity contribution is 0.0936. The van der Waals surface area contributed by atoms with E-state index in [0.29, 0.717) is 23.1 Å². The quantitative estimate of drug-likeness (QED) is 0.761. The van der Waals surface area contributed by atoms with Crippen molar-refractivity contribution in [3.05, 3.63) is 59.1 Å². The van der Waals surface area contributed by atoms with Crippen molar-refractivity contribution in [3.63, 3.8) is 0 Å². The van der Waals surface area contributed by atoms with Crippen LogP contribution in [0.2, 0.25) is 0 Å². The third-order valence-corrected chi connectivity index (χ3v) is 4.36. The van der Waals surface area contributed by atoms with Crippen LogP contribution in [0.15, 0.2) is 41.1 Å². The van der Waals surface area contributed by atoms with Crippen molar-refractivity contribution in [2.75, 3.05) is 5.73 Å². The second-order valence-corrected chi connectivity index (χ2v) is 6.08. The Morgan fingerprint density at radius 3 is 2.96 bits per heavy atom. The van der Waals surface area contributed by atoms with Crippen molar-refractivity contribution in [1.82, 2.24) is 20.4 Å². The summed E-state index contributed by atoms with van der Waals surface area (Å²) in [6.45, 7) is 1.77. The van der Waals surface area contributed by atoms with Crippen LogP contribution in [0, 0.1) is 6.92 Å². The summed E-state index contributed by atoms with van der Waals surface area (Å²) in [6.07, 6.45) is 3.28. The predicted molar refractivity (Wildman–Crippen MR) is 91.6 cm³/mol. The summed E-state index contributed by atoms with van der Waals surface area (Å²) in [7, 11) is 0. The zero-order chi connectivity index (χ0) is 17.4. The van der Waals surface area contributed by atoms with Gasteiger partial charge in [-0.25, -0.2) is 4.98 Å². The molecule has 0 fully saturated rings. The van der Waals surface area contributed by atoms with Gasteiger partial charge in [-0.2, -0.15) is 4.98 Å². The van der Waals surface area contributed by atoms with Crippen LogP contribution < -0.4 is 11.1 Å². The van der Waals surface area contributed by atoms with E-state index in [9.17, 15) is 4.79 Å². The lowest BCUT2D eigenvalue weighted by Gasteiger charge is -2.14. The number of aryl methyl sites for hydroxylation is 2. The molecule has 1 atom stereocenters. The number of anilines is 1. The average molecular weight is 335 g/mol. The molecule has 1 aromatic carbocycles. The first kappa shape index (κ1) is 15.3. The summed E-state index contributed by atoms with van der Waals surface area (Å²) in [4.78, 5) is 20.6. The van der Waals surface area contributed by atoms with Crippen LogP contribution >= 0.6 is 0 Å². The molecule has 1 amide bonds. The van der Waals surface area contributed by atoms with Crippen LogP contribution in [0.3, 0.4) is 0 Å². The number of fused-ring (bicyclic) bond motifs is 1. The second-order valence-electron chi connectivity index (χ2n) is 6.08. The van der Waals surface area contributed by atoms with E-state index in [-0.39, 0.29) is 11.9 Å². The number of rotatable bonds is 3. The van der Waals surface area contributed by atoms with Gasteiger partial charge in [-0.3, -0.25) is 4.79 Å². The fourth-order valence-electron chi connectivity index (χ4n) is 3.15. The molecule has 126 valence electrons. The SMILES string of the molecule is Cc1nc(-c2ccc3c(c2)CCC3NC(=O)c2ccnc(N)c2)no1. The predicted octanol–water partition coefficient (Wildman–Crippen LogP) is 2.44. The molecule has 2 heterocycles. The maximum Gasteiger partial charge on any atom is 0.251 e. The van der Waals surface area contributed by atoms with Gasteiger partial charge in [-0.05, 0) is 42.2 Å². The summed E-state index contributed by atoms with van der Waals surface area (Å²) < 4.78 is 5.04. The van der Waals surface area contributed by atoms with Gasteiger partial charge in [0.25, 0.3) is 5.91 Å². The molecule has 1 unspecified atom stereocenters. The third kappa shape index (κ3) is 2.96. The zero-order valence-electron chi connectivity index (χ0n) is 13.7. The minimum Gasteiger partial charge on any atom is -0.384 e. The van der Waals surface area contributed by atoms with E-state index in [0.717, 1.165) is 24.0 Å². The Hall–Kier alpha value is -3.22. The summed E-state index contributed by atoms with van der Waals surface area (Å²) >= 11 is 0. The van der Waals surface area contributed by atoms with Crippen molar-refractivity contribution >= 4 is 11.7 Å². The van der Waals surface area contributed by atoms with E-state index in [2.05, 4.69) is 26.5 Å². The molecule has 0 aliphatic heterocycles. The highest BCUT2D eigenvalue weighted by Crippen LogP contribution is 2.33. The molecule has 3 N–H and O–H groups in total. The summed E-state index contributed by atoms with van der Waals surface area (Å²) in [5.41, 5.74) is 9.40. The highest BCUT2D eigenvalue weighted by Gasteiger charge is 2.25. The number of nitrogens with one attached hydrogen (secondary N) is 1. The number of hydrogen-bond acceptors (Lipinski definition) is 6. The molecule has 3 aromatic rings. The average Bonchev–Trinajstić information content (AvgIpc) is 3.21. The van der Waals surface area contributed by atoms with E-state index >= 15 is 0 Å². The number of benzene rings is 1. The molecule has 0 radical (unpaired) electrons. The number of amides is 1. The van der Waals surface area contributed by atoms with Gasteiger partial charge in [0.15, 0.2) is 0 Å². The summed E-state index contributed by atoms with van der Waals surface area (Å²) in [5, 5.41) is 7.02. The van der Waals surface area contributed by atoms with Gasteiger partial charge in [0.1, 0.15) is 5.82 Å². The standard InChI is InChI=1S/C18H17N5O2/c1-10-21-17(23-25-10)12-2-4-14-11(8-12)3-5-15(14)22-18(24)13-6-7-20-16(19)9-13/h2,4,6-9,15H,3,5H2,1H3,(H2,19,20)(H,22,24). The van der Waals surface area contributed by atoms with Gasteiger partial charge in [-0.1, -0.05) is 17.3 Å². The highest BCUT2D eigenvalue weighted by atomic mass is 16.5. The largest absolute Gasteiger partial charge is 0.384 e. The first-order valence-corrected chi connectivity index (χ1v) is 8.06. The molecule has 0 saturated carbocycles. The Kier molecular flexibility index (Phi) is 3.68. The van der Waals surface area contributed by atoms with Crippen molar-refractivity contribution < 1.29 is 9.32 Å². The Labute approximate surface area is 144 Å². The van der Waals surface area contributed by atoms with Gasteiger partial charge in [-0.15, -0.1) is 0 Å². The van der Waals surface area contributed by atoms with E-state index < -0.39 is 0 Å². The molecule has 0 spiro atoms. The molecule has 7 nitrogen and oxygen atoms in total. The van der Waals surface area contributed by atoms with E-state index in [1.807, 2.05) is 12.1 Å². The molecule has 25 heavy (non-hydrogen) atoms. The van der Waals surface area contributed by atoms with Crippen LogP contribution in [0.5, 0.6) is 0 Å². The molecule has 1 aliphatic carbocycles. The zero-order valence-corrected chi connectivity index (χ0v) is 13.7. The number of aromatic nitrogens is 3. The van der Waals surface area contributed by atoms with Gasteiger partial charge in [0.05, 0.1) is 6.04 Å². The third-order valence-electron chi connectivity index (χ3n) is 4.36. The normalized spacial score (nSPS) is 15.8. The minimum absolute atomic E-state index is 0.0158. The molecule has 0 bridgehead atoms. The van der Waals surface area contributed by atoms with Crippen molar-refractivity contribution in [1.29, 1.82) is 0 Å². The smallest absolute Gasteiger partial charge is 0.251 e. The minimum atomic E-state index is -0.148. The van der Waals surface area contributed by atoms with Crippen molar-refractivity contribution in [2.24, 2.45) is 0 Å². The topological polar surface area (TPSA) is 107 Å². The number of nitrogens with zero attached hydrogens (tertiary/aromatic N) is 3. The number of nitrogen functional groups attached to an aromatic ring is 1. The Morgan fingerprint density at radius 2 is 2.20 bits per heavy atom. The monoisotopic (exact) mass is 335 g/mol. The molecule has 2 aromatic heterocycles. The van der Waals surface area contributed by atoms with Crippen LogP contribution in [0.1, 0.15) is 39.8 Å². The molecule has 7 heteroatoms. The van der Waals surface area contributed by atoms with Crippen molar-refractivity contribution in [2.45, 2.75) is 25.8 Å². The lowest BCUT2D eigenvalue weighted by Crippen LogP contribution is -2.27. The Balaban J connectivity index is 1.55. The first-order valence-electron chi connectivity index (χ1n) is 8.06. The van der Waals surface area contributed by atoms with Gasteiger partial charge in [0, 0.05) is 24.2 Å². The number of hydrogen-bond donors (Lipinski definition) is 2. The molecule has 4 rings (SSSR count). The molecular weight excluding hydrogens is 318 g/mol. The molecule has 0 saturated heterocycles. The van der Waals surface area contributed by atoms with Crippen LogP contribution in [0.25, 0.3) is 11.4 Å². The number of carbonyl (C=O) groups is 1. The number of pyridine rings is 1. The van der Waals surface area contributed by atoms with Gasteiger partial charge >= 0.3 is 0 Å². The molecule has 1 aliphatic rings. The second kappa shape index (κ2) is 6.01. The molecular formula is C18H17N5O2. The maximum absolute atomic E-state index is 12.4. The van der Waals surface area contributed by atoms with Crippen LogP contribution in [-0.2, 0) is 6.42 Å². The van der Waals surface area contributed by atoms with E-state index in [4.69, 9.17) is 10.3 Å². The highest BCUT2D eigenvalue weighted by molar-refractivity contribution is 5.95.